The summed E-state index contributed by atoms with van der Waals surface area (Å²) >= 11 is 0.809. The molecule has 0 fully saturated rings. The van der Waals surface area contributed by atoms with E-state index < -0.39 is 5.97 Å². The third-order valence-corrected chi connectivity index (χ3v) is 5.57. The Morgan fingerprint density at radius 3 is 2.61 bits per heavy atom. The molecule has 3 aromatic carbocycles. The molecule has 0 unspecified atom stereocenters. The molecule has 1 heterocycles. The third-order valence-electron chi connectivity index (χ3n) is 4.47. The van der Waals surface area contributed by atoms with Crippen LogP contribution in [0.25, 0.3) is 22.1 Å². The summed E-state index contributed by atoms with van der Waals surface area (Å²) in [5.41, 5.74) is 5.44. The van der Waals surface area contributed by atoms with Crippen LogP contribution in [0.4, 0.5) is 5.69 Å². The van der Waals surface area contributed by atoms with Gasteiger partial charge in [0.25, 0.3) is 0 Å². The van der Waals surface area contributed by atoms with E-state index in [1.165, 1.54) is 11.1 Å². The van der Waals surface area contributed by atoms with Gasteiger partial charge in [-0.1, -0.05) is 24.3 Å². The molecule has 0 amide bonds. The van der Waals surface area contributed by atoms with Crippen molar-refractivity contribution in [2.24, 2.45) is 0 Å². The van der Waals surface area contributed by atoms with Crippen molar-refractivity contribution < 1.29 is 14.3 Å². The van der Waals surface area contributed by atoms with Gasteiger partial charge in [-0.3, -0.25) is 0 Å². The largest absolute Gasteiger partial charge is 0.478 e. The van der Waals surface area contributed by atoms with Gasteiger partial charge >= 0.3 is 5.97 Å². The molecule has 0 atom stereocenters. The van der Waals surface area contributed by atoms with Crippen molar-refractivity contribution in [1.82, 2.24) is 0 Å². The molecular weight excluding hydrogens is 370 g/mol. The van der Waals surface area contributed by atoms with Crippen molar-refractivity contribution in [3.8, 4) is 11.1 Å². The summed E-state index contributed by atoms with van der Waals surface area (Å²) in [5, 5.41) is 13.3. The molecule has 5 heteroatoms. The predicted molar refractivity (Wildman–Crippen MR) is 115 cm³/mol. The Balaban J connectivity index is 1.42. The first-order valence-corrected chi connectivity index (χ1v) is 10.1. The van der Waals surface area contributed by atoms with Crippen molar-refractivity contribution >= 4 is 34.4 Å². The monoisotopic (exact) mass is 390 g/mol. The summed E-state index contributed by atoms with van der Waals surface area (Å²) in [4.78, 5) is 11.7. The minimum atomic E-state index is -0.782. The van der Waals surface area contributed by atoms with Gasteiger partial charge < -0.3 is 14.8 Å². The van der Waals surface area contributed by atoms with E-state index in [1.54, 1.807) is 6.26 Å². The Hall–Kier alpha value is -3.18. The van der Waals surface area contributed by atoms with Crippen LogP contribution >= 0.6 is 0 Å². The Morgan fingerprint density at radius 2 is 1.79 bits per heavy atom. The lowest BCUT2D eigenvalue weighted by molar-refractivity contribution is -0.133. The van der Waals surface area contributed by atoms with E-state index in [0.717, 1.165) is 38.9 Å². The normalized spacial score (nSPS) is 10.9. The van der Waals surface area contributed by atoms with E-state index in [4.69, 9.17) is 9.52 Å². The average molecular weight is 390 g/mol. The number of carbonyl (C=O) groups is 1. The second kappa shape index (κ2) is 8.23. The number of hydrogen-bond acceptors (Lipinski definition) is 3. The molecule has 4 aromatic rings. The molecule has 0 saturated carbocycles. The minimum absolute atomic E-state index is 0.129. The van der Waals surface area contributed by atoms with Crippen LogP contribution < -0.4 is 5.32 Å². The zero-order valence-electron chi connectivity index (χ0n) is 15.1. The van der Waals surface area contributed by atoms with Gasteiger partial charge in [-0.2, -0.15) is 0 Å². The van der Waals surface area contributed by atoms with Crippen molar-refractivity contribution in [1.29, 1.82) is 0 Å². The minimum Gasteiger partial charge on any atom is -0.478 e. The van der Waals surface area contributed by atoms with Crippen LogP contribution in [0.1, 0.15) is 5.56 Å². The first-order chi connectivity index (χ1) is 13.7. The van der Waals surface area contributed by atoms with Gasteiger partial charge in [-0.15, -0.1) is 0 Å². The highest BCUT2D eigenvalue weighted by molar-refractivity contribution is 7.79. The molecule has 0 aliphatic carbocycles. The predicted octanol–water partition coefficient (Wildman–Crippen LogP) is 4.97. The molecule has 0 bridgehead atoms. The van der Waals surface area contributed by atoms with Crippen LogP contribution in [-0.4, -0.2) is 16.8 Å². The number of fused-ring (bicyclic) bond motifs is 1. The van der Waals surface area contributed by atoms with Crippen LogP contribution in [-0.2, 0) is 23.1 Å². The van der Waals surface area contributed by atoms with Gasteiger partial charge in [-0.25, -0.2) is 4.79 Å². The fourth-order valence-electron chi connectivity index (χ4n) is 3.05. The Kier molecular flexibility index (Phi) is 5.35. The number of nitrogens with one attached hydrogen (secondary N) is 1. The average Bonchev–Trinajstić information content (AvgIpc) is 3.19. The highest BCUT2D eigenvalue weighted by Gasteiger charge is 2.08. The molecule has 1 aromatic heterocycles. The Bertz CT molecular complexity index is 1100. The van der Waals surface area contributed by atoms with E-state index in [9.17, 15) is 4.79 Å². The second-order valence-corrected chi connectivity index (χ2v) is 7.63. The smallest absolute Gasteiger partial charge is 0.354 e. The number of furan rings is 1. The number of anilines is 1. The van der Waals surface area contributed by atoms with Gasteiger partial charge in [-0.05, 0) is 65.2 Å². The first-order valence-electron chi connectivity index (χ1n) is 8.97. The zero-order valence-corrected chi connectivity index (χ0v) is 16.0. The van der Waals surface area contributed by atoms with Gasteiger partial charge in [0, 0.05) is 29.4 Å². The number of carboxylic acid groups (broad SMARTS) is 1. The maximum atomic E-state index is 10.7. The molecule has 0 saturated heterocycles. The number of carboxylic acids is 1. The van der Waals surface area contributed by atoms with Crippen molar-refractivity contribution in [2.45, 2.75) is 11.4 Å². The van der Waals surface area contributed by atoms with Crippen LogP contribution in [0.3, 0.4) is 0 Å². The number of thiol groups is 1. The molecule has 4 nitrogen and oxygen atoms in total. The summed E-state index contributed by atoms with van der Waals surface area (Å²) in [6.45, 7) is 0.716. The second-order valence-electron chi connectivity index (χ2n) is 6.48. The number of benzene rings is 3. The van der Waals surface area contributed by atoms with E-state index in [0.29, 0.717) is 6.54 Å². The Morgan fingerprint density at radius 1 is 0.964 bits per heavy atom. The molecule has 28 heavy (non-hydrogen) atoms. The molecule has 0 spiro atoms. The van der Waals surface area contributed by atoms with Gasteiger partial charge in [0.1, 0.15) is 5.58 Å². The van der Waals surface area contributed by atoms with Crippen LogP contribution in [0.15, 0.2) is 88.4 Å². The summed E-state index contributed by atoms with van der Waals surface area (Å²) in [7, 11) is 0. The van der Waals surface area contributed by atoms with E-state index in [1.807, 2.05) is 36.4 Å². The van der Waals surface area contributed by atoms with Crippen molar-refractivity contribution in [3.63, 3.8) is 0 Å². The lowest BCUT2D eigenvalue weighted by Crippen LogP contribution is -2.04. The van der Waals surface area contributed by atoms with E-state index in [-0.39, 0.29) is 5.75 Å². The van der Waals surface area contributed by atoms with E-state index in [2.05, 4.69) is 41.7 Å². The van der Waals surface area contributed by atoms with Gasteiger partial charge in [0.15, 0.2) is 4.90 Å². The van der Waals surface area contributed by atoms with Crippen molar-refractivity contribution in [2.75, 3.05) is 11.1 Å². The molecule has 140 valence electrons. The third kappa shape index (κ3) is 4.38. The quantitative estimate of drug-likeness (QED) is 0.345. The van der Waals surface area contributed by atoms with Crippen LogP contribution in [0, 0.1) is 0 Å². The van der Waals surface area contributed by atoms with Crippen LogP contribution in [0.5, 0.6) is 0 Å². The highest BCUT2D eigenvalue weighted by Crippen LogP contribution is 2.26. The maximum Gasteiger partial charge on any atom is 0.354 e. The summed E-state index contributed by atoms with van der Waals surface area (Å²) in [6.07, 6.45) is 1.71. The van der Waals surface area contributed by atoms with Crippen molar-refractivity contribution in [3.05, 3.63) is 84.6 Å². The van der Waals surface area contributed by atoms with E-state index >= 15 is 0 Å². The topological polar surface area (TPSA) is 62.5 Å². The maximum absolute atomic E-state index is 10.7. The van der Waals surface area contributed by atoms with Gasteiger partial charge in [0.05, 0.1) is 6.26 Å². The lowest BCUT2D eigenvalue weighted by Gasteiger charge is -2.09. The number of hydrogen-bond donors (Lipinski definition) is 2. The SMILES string of the molecule is O=C(O)C[SH+]c1ccc(NCc2cccc(-c3ccc4occc4c3)c2)cc1. The van der Waals surface area contributed by atoms with Gasteiger partial charge in [0.2, 0.25) is 5.75 Å². The van der Waals surface area contributed by atoms with Crippen LogP contribution in [0.2, 0.25) is 0 Å². The molecule has 0 aliphatic rings. The zero-order chi connectivity index (χ0) is 19.3. The standard InChI is InChI=1S/C23H19NO3S/c25-23(26)15-28-21-7-5-20(6-8-21)24-14-16-2-1-3-17(12-16)18-4-9-22-19(13-18)10-11-27-22/h1-13,24H,14-15H2,(H,25,26)/p+1. The number of rotatable bonds is 7. The lowest BCUT2D eigenvalue weighted by atomic mass is 10.0. The fourth-order valence-corrected chi connectivity index (χ4v) is 3.73. The Labute approximate surface area is 167 Å². The molecule has 0 radical (unpaired) electrons. The summed E-state index contributed by atoms with van der Waals surface area (Å²) in [6, 6.07) is 24.6. The summed E-state index contributed by atoms with van der Waals surface area (Å²) < 4.78 is 5.42. The first kappa shape index (κ1) is 18.2. The molecular formula is C23H20NO3S+. The summed E-state index contributed by atoms with van der Waals surface area (Å²) in [5.74, 6) is -0.653. The number of aliphatic carboxylic acids is 1. The molecule has 4 rings (SSSR count). The molecule has 2 N–H and O–H groups in total. The highest BCUT2D eigenvalue weighted by atomic mass is 32.2. The molecule has 0 aliphatic heterocycles. The fraction of sp³-hybridized carbons (Fsp3) is 0.0870.